The lowest BCUT2D eigenvalue weighted by Crippen LogP contribution is -2.12. The van der Waals surface area contributed by atoms with Crippen molar-refractivity contribution in [1.82, 2.24) is 0 Å². The van der Waals surface area contributed by atoms with Gasteiger partial charge in [0, 0.05) is 12.2 Å². The molecule has 0 aliphatic carbocycles. The first-order valence-corrected chi connectivity index (χ1v) is 7.05. The number of carbonyl (C=O) groups is 1. The number of fused-ring (bicyclic) bond motifs is 1. The van der Waals surface area contributed by atoms with Crippen LogP contribution in [0.25, 0.3) is 0 Å². The first kappa shape index (κ1) is 13.5. The van der Waals surface area contributed by atoms with Crippen LogP contribution in [0.3, 0.4) is 0 Å². The monoisotopic (exact) mass is 283 g/mol. The van der Waals surface area contributed by atoms with Crippen LogP contribution in [0.4, 0.5) is 5.69 Å². The lowest BCUT2D eigenvalue weighted by atomic mass is 10.1. The van der Waals surface area contributed by atoms with E-state index in [1.165, 1.54) is 5.56 Å². The smallest absolute Gasteiger partial charge is 0.338 e. The number of anilines is 1. The molecule has 2 aromatic rings. The Bertz CT molecular complexity index is 625. The standard InChI is InChI=1S/C17H17NO3/c19-17(14-7-6-13-8-9-18-16(13)12-14)21-11-10-20-15-4-2-1-3-5-15/h1-7,12,18H,8-11H2. The highest BCUT2D eigenvalue weighted by atomic mass is 16.6. The van der Waals surface area contributed by atoms with Crippen molar-refractivity contribution < 1.29 is 14.3 Å². The van der Waals surface area contributed by atoms with Crippen molar-refractivity contribution in [2.75, 3.05) is 25.1 Å². The molecule has 1 heterocycles. The van der Waals surface area contributed by atoms with E-state index in [2.05, 4.69) is 5.32 Å². The molecule has 0 amide bonds. The number of para-hydroxylation sites is 1. The summed E-state index contributed by atoms with van der Waals surface area (Å²) in [6.07, 6.45) is 1.01. The summed E-state index contributed by atoms with van der Waals surface area (Å²) in [7, 11) is 0. The molecule has 1 N–H and O–H groups in total. The van der Waals surface area contributed by atoms with Crippen LogP contribution in [0.2, 0.25) is 0 Å². The van der Waals surface area contributed by atoms with Crippen molar-refractivity contribution in [2.45, 2.75) is 6.42 Å². The predicted octanol–water partition coefficient (Wildman–Crippen LogP) is 2.89. The first-order valence-electron chi connectivity index (χ1n) is 7.05. The molecule has 3 rings (SSSR count). The molecule has 0 bridgehead atoms. The molecule has 0 radical (unpaired) electrons. The second kappa shape index (κ2) is 6.31. The van der Waals surface area contributed by atoms with Crippen LogP contribution < -0.4 is 10.1 Å². The fraction of sp³-hybridized carbons (Fsp3) is 0.235. The molecule has 4 nitrogen and oxygen atoms in total. The Kier molecular flexibility index (Phi) is 4.05. The van der Waals surface area contributed by atoms with Crippen molar-refractivity contribution >= 4 is 11.7 Å². The molecule has 2 aromatic carbocycles. The maximum Gasteiger partial charge on any atom is 0.338 e. The summed E-state index contributed by atoms with van der Waals surface area (Å²) >= 11 is 0. The highest BCUT2D eigenvalue weighted by Crippen LogP contribution is 2.23. The lowest BCUT2D eigenvalue weighted by Gasteiger charge is -2.08. The Hall–Kier alpha value is -2.49. The highest BCUT2D eigenvalue weighted by molar-refractivity contribution is 5.91. The average Bonchev–Trinajstić information content (AvgIpc) is 3.00. The van der Waals surface area contributed by atoms with Gasteiger partial charge in [-0.1, -0.05) is 24.3 Å². The molecule has 0 saturated heterocycles. The van der Waals surface area contributed by atoms with Gasteiger partial charge in [0.1, 0.15) is 19.0 Å². The summed E-state index contributed by atoms with van der Waals surface area (Å²) in [6.45, 7) is 1.51. The lowest BCUT2D eigenvalue weighted by molar-refractivity contribution is 0.0450. The zero-order valence-electron chi connectivity index (χ0n) is 11.7. The van der Waals surface area contributed by atoms with Crippen molar-refractivity contribution in [1.29, 1.82) is 0 Å². The molecule has 1 aliphatic rings. The Balaban J connectivity index is 1.48. The molecular weight excluding hydrogens is 266 g/mol. The number of hydrogen-bond acceptors (Lipinski definition) is 4. The average molecular weight is 283 g/mol. The number of nitrogens with one attached hydrogen (secondary N) is 1. The van der Waals surface area contributed by atoms with Crippen LogP contribution in [0.1, 0.15) is 15.9 Å². The van der Waals surface area contributed by atoms with Gasteiger partial charge in [0.25, 0.3) is 0 Å². The Morgan fingerprint density at radius 2 is 1.95 bits per heavy atom. The Morgan fingerprint density at radius 1 is 1.10 bits per heavy atom. The van der Waals surface area contributed by atoms with E-state index in [9.17, 15) is 4.79 Å². The summed E-state index contributed by atoms with van der Waals surface area (Å²) in [5.41, 5.74) is 2.85. The summed E-state index contributed by atoms with van der Waals surface area (Å²) in [5.74, 6) is 0.457. The molecule has 0 saturated carbocycles. The number of ether oxygens (including phenoxy) is 2. The summed E-state index contributed by atoms with van der Waals surface area (Å²) in [5, 5.41) is 3.25. The molecule has 4 heteroatoms. The third kappa shape index (κ3) is 3.34. The number of hydrogen-bond donors (Lipinski definition) is 1. The zero-order valence-corrected chi connectivity index (χ0v) is 11.7. The van der Waals surface area contributed by atoms with E-state index in [0.717, 1.165) is 24.4 Å². The van der Waals surface area contributed by atoms with E-state index < -0.39 is 0 Å². The van der Waals surface area contributed by atoms with Gasteiger partial charge in [-0.2, -0.15) is 0 Å². The molecule has 0 unspecified atom stereocenters. The SMILES string of the molecule is O=C(OCCOc1ccccc1)c1ccc2c(c1)NCC2. The van der Waals surface area contributed by atoms with Crippen LogP contribution in [-0.2, 0) is 11.2 Å². The third-order valence-corrected chi connectivity index (χ3v) is 3.38. The van der Waals surface area contributed by atoms with Crippen molar-refractivity contribution in [3.8, 4) is 5.75 Å². The van der Waals surface area contributed by atoms with Gasteiger partial charge in [0.2, 0.25) is 0 Å². The molecule has 108 valence electrons. The first-order chi connectivity index (χ1) is 10.3. The van der Waals surface area contributed by atoms with E-state index in [4.69, 9.17) is 9.47 Å². The quantitative estimate of drug-likeness (QED) is 0.677. The number of carbonyl (C=O) groups excluding carboxylic acids is 1. The second-order valence-corrected chi connectivity index (χ2v) is 4.85. The van der Waals surface area contributed by atoms with E-state index in [1.807, 2.05) is 48.5 Å². The number of rotatable bonds is 5. The van der Waals surface area contributed by atoms with Gasteiger partial charge in [-0.25, -0.2) is 4.79 Å². The van der Waals surface area contributed by atoms with E-state index in [-0.39, 0.29) is 12.6 Å². The van der Waals surface area contributed by atoms with E-state index in [1.54, 1.807) is 0 Å². The zero-order chi connectivity index (χ0) is 14.5. The largest absolute Gasteiger partial charge is 0.490 e. The van der Waals surface area contributed by atoms with Crippen molar-refractivity contribution in [2.24, 2.45) is 0 Å². The van der Waals surface area contributed by atoms with Crippen LogP contribution in [0.15, 0.2) is 48.5 Å². The van der Waals surface area contributed by atoms with Crippen LogP contribution in [0, 0.1) is 0 Å². The molecule has 0 atom stereocenters. The van der Waals surface area contributed by atoms with Crippen LogP contribution >= 0.6 is 0 Å². The minimum atomic E-state index is -0.317. The molecular formula is C17H17NO3. The fourth-order valence-corrected chi connectivity index (χ4v) is 2.31. The summed E-state index contributed by atoms with van der Waals surface area (Å²) in [4.78, 5) is 12.0. The minimum absolute atomic E-state index is 0.234. The topological polar surface area (TPSA) is 47.6 Å². The predicted molar refractivity (Wildman–Crippen MR) is 80.9 cm³/mol. The van der Waals surface area contributed by atoms with Gasteiger partial charge in [0.15, 0.2) is 0 Å². The summed E-state index contributed by atoms with van der Waals surface area (Å²) in [6, 6.07) is 15.1. The van der Waals surface area contributed by atoms with Gasteiger partial charge >= 0.3 is 5.97 Å². The Labute approximate surface area is 123 Å². The molecule has 0 aromatic heterocycles. The van der Waals surface area contributed by atoms with E-state index in [0.29, 0.717) is 12.2 Å². The maximum absolute atomic E-state index is 12.0. The third-order valence-electron chi connectivity index (χ3n) is 3.38. The molecule has 21 heavy (non-hydrogen) atoms. The van der Waals surface area contributed by atoms with Gasteiger partial charge in [-0.3, -0.25) is 0 Å². The molecule has 1 aliphatic heterocycles. The second-order valence-electron chi connectivity index (χ2n) is 4.85. The van der Waals surface area contributed by atoms with E-state index >= 15 is 0 Å². The summed E-state index contributed by atoms with van der Waals surface area (Å²) < 4.78 is 10.7. The number of esters is 1. The highest BCUT2D eigenvalue weighted by Gasteiger charge is 2.14. The van der Waals surface area contributed by atoms with Gasteiger partial charge in [0.05, 0.1) is 5.56 Å². The molecule has 0 spiro atoms. The van der Waals surface area contributed by atoms with Crippen molar-refractivity contribution in [3.63, 3.8) is 0 Å². The normalized spacial score (nSPS) is 12.4. The number of benzene rings is 2. The van der Waals surface area contributed by atoms with Crippen molar-refractivity contribution in [3.05, 3.63) is 59.7 Å². The van der Waals surface area contributed by atoms with Gasteiger partial charge in [-0.05, 0) is 36.2 Å². The maximum atomic E-state index is 12.0. The van der Waals surface area contributed by atoms with Crippen LogP contribution in [-0.4, -0.2) is 25.7 Å². The minimum Gasteiger partial charge on any atom is -0.490 e. The van der Waals surface area contributed by atoms with Crippen LogP contribution in [0.5, 0.6) is 5.75 Å². The fourth-order valence-electron chi connectivity index (χ4n) is 2.31. The van der Waals surface area contributed by atoms with Gasteiger partial charge in [-0.15, -0.1) is 0 Å². The molecule has 0 fully saturated rings. The Morgan fingerprint density at radius 3 is 2.81 bits per heavy atom. The van der Waals surface area contributed by atoms with Gasteiger partial charge < -0.3 is 14.8 Å².